The van der Waals surface area contributed by atoms with Gasteiger partial charge in [0, 0.05) is 11.4 Å². The molecule has 2 heterocycles. The normalized spacial score (nSPS) is 14.0. The van der Waals surface area contributed by atoms with Crippen molar-refractivity contribution >= 4 is 34.6 Å². The van der Waals surface area contributed by atoms with Gasteiger partial charge in [0.2, 0.25) is 5.91 Å². The number of carbonyl (C=O) groups is 1. The Morgan fingerprint density at radius 3 is 2.62 bits per heavy atom. The van der Waals surface area contributed by atoms with Gasteiger partial charge in [-0.15, -0.1) is 10.2 Å². The quantitative estimate of drug-likeness (QED) is 0.503. The Morgan fingerprint density at radius 2 is 1.91 bits per heavy atom. The van der Waals surface area contributed by atoms with E-state index in [1.807, 2.05) is 66.1 Å². The second-order valence-corrected chi connectivity index (χ2v) is 8.82. The average Bonchev–Trinajstić information content (AvgIpc) is 3.48. The molecule has 1 amide bonds. The van der Waals surface area contributed by atoms with Gasteiger partial charge in [0.1, 0.15) is 0 Å². The lowest BCUT2D eigenvalue weighted by Crippen LogP contribution is -2.29. The summed E-state index contributed by atoms with van der Waals surface area (Å²) in [5.41, 5.74) is 0.890. The number of para-hydroxylation sites is 3. The lowest BCUT2D eigenvalue weighted by atomic mass is 10.3. The topological polar surface area (TPSA) is 90.6 Å². The van der Waals surface area contributed by atoms with Crippen molar-refractivity contribution in [1.82, 2.24) is 20.1 Å². The highest BCUT2D eigenvalue weighted by molar-refractivity contribution is 8.14. The first-order chi connectivity index (χ1) is 15.7. The van der Waals surface area contributed by atoms with E-state index in [-0.39, 0.29) is 11.7 Å². The Kier molecular flexibility index (Phi) is 7.33. The number of hydrogen-bond acceptors (Lipinski definition) is 8. The van der Waals surface area contributed by atoms with Crippen LogP contribution in [0.3, 0.4) is 0 Å². The summed E-state index contributed by atoms with van der Waals surface area (Å²) in [5, 5.41) is 12.9. The molecule has 0 spiro atoms. The molecule has 4 rings (SSSR count). The fourth-order valence-corrected chi connectivity index (χ4v) is 4.62. The number of benzene rings is 2. The van der Waals surface area contributed by atoms with Crippen LogP contribution in [0.5, 0.6) is 11.5 Å². The van der Waals surface area contributed by atoms with Crippen molar-refractivity contribution in [1.29, 1.82) is 0 Å². The van der Waals surface area contributed by atoms with E-state index in [9.17, 15) is 4.79 Å². The second-order valence-electron chi connectivity index (χ2n) is 6.79. The smallest absolute Gasteiger partial charge is 0.236 e. The largest absolute Gasteiger partial charge is 0.493 e. The molecule has 2 aromatic carbocycles. The molecule has 1 atom stereocenters. The van der Waals surface area contributed by atoms with Crippen LogP contribution in [0.4, 0.5) is 0 Å². The number of methoxy groups -OCH3 is 1. The van der Waals surface area contributed by atoms with Crippen molar-refractivity contribution in [2.45, 2.75) is 18.2 Å². The van der Waals surface area contributed by atoms with Gasteiger partial charge in [-0.3, -0.25) is 14.4 Å². The minimum atomic E-state index is -0.411. The predicted molar refractivity (Wildman–Crippen MR) is 127 cm³/mol. The summed E-state index contributed by atoms with van der Waals surface area (Å²) in [4.78, 5) is 16.6. The number of nitrogens with one attached hydrogen (secondary N) is 1. The summed E-state index contributed by atoms with van der Waals surface area (Å²) in [6.07, 6.45) is -0.411. The summed E-state index contributed by atoms with van der Waals surface area (Å²) in [7, 11) is 1.61. The van der Waals surface area contributed by atoms with E-state index in [1.54, 1.807) is 18.9 Å². The fourth-order valence-electron chi connectivity index (χ4n) is 3.11. The van der Waals surface area contributed by atoms with Crippen molar-refractivity contribution in [2.24, 2.45) is 4.99 Å². The summed E-state index contributed by atoms with van der Waals surface area (Å²) < 4.78 is 13.5. The van der Waals surface area contributed by atoms with Crippen LogP contribution >= 0.6 is 23.5 Å². The molecule has 10 heteroatoms. The number of thioether (sulfide) groups is 2. The van der Waals surface area contributed by atoms with Gasteiger partial charge in [-0.05, 0) is 31.2 Å². The molecule has 0 saturated heterocycles. The lowest BCUT2D eigenvalue weighted by Gasteiger charge is -2.18. The number of aromatic nitrogens is 3. The number of amidine groups is 1. The second kappa shape index (κ2) is 10.6. The molecule has 8 nitrogen and oxygen atoms in total. The van der Waals surface area contributed by atoms with Crippen molar-refractivity contribution < 1.29 is 14.3 Å². The molecule has 0 aliphatic carbocycles. The Morgan fingerprint density at radius 1 is 1.16 bits per heavy atom. The van der Waals surface area contributed by atoms with Crippen LogP contribution in [0.25, 0.3) is 5.69 Å². The minimum absolute atomic E-state index is 0.120. The molecule has 1 unspecified atom stereocenters. The van der Waals surface area contributed by atoms with Gasteiger partial charge in [-0.25, -0.2) is 0 Å². The number of rotatable bonds is 8. The van der Waals surface area contributed by atoms with Gasteiger partial charge in [-0.2, -0.15) is 0 Å². The number of ether oxygens (including phenoxy) is 2. The number of aliphatic imine (C=N–C) groups is 1. The Hall–Kier alpha value is -2.98. The Labute approximate surface area is 194 Å². The molecule has 0 fully saturated rings. The zero-order valence-corrected chi connectivity index (χ0v) is 19.4. The van der Waals surface area contributed by atoms with Gasteiger partial charge in [0.05, 0.1) is 19.4 Å². The maximum atomic E-state index is 12.4. The number of nitrogens with zero attached hydrogens (tertiary/aromatic N) is 4. The molecule has 1 aliphatic heterocycles. The van der Waals surface area contributed by atoms with Crippen molar-refractivity contribution in [2.75, 3.05) is 25.2 Å². The SMILES string of the molecule is COc1ccccc1OC(C)c1nnc(SCC(=O)NC2=NCCS2)n1-c1ccccc1. The maximum Gasteiger partial charge on any atom is 0.236 e. The van der Waals surface area contributed by atoms with E-state index < -0.39 is 6.10 Å². The standard InChI is InChI=1S/C22H23N5O3S2/c1-15(30-18-11-7-6-10-17(18)29-2)20-25-26-22(27(20)16-8-4-3-5-9-16)32-14-19(28)24-21-23-12-13-31-21/h3-11,15H,12-14H2,1-2H3,(H,23,24,28). The molecule has 1 aromatic heterocycles. The fraction of sp³-hybridized carbons (Fsp3) is 0.273. The molecule has 0 saturated carbocycles. The maximum absolute atomic E-state index is 12.4. The third-order valence-electron chi connectivity index (χ3n) is 4.57. The first-order valence-corrected chi connectivity index (χ1v) is 12.0. The number of carbonyl (C=O) groups excluding carboxylic acids is 1. The highest BCUT2D eigenvalue weighted by Gasteiger charge is 2.23. The molecular formula is C22H23N5O3S2. The van der Waals surface area contributed by atoms with Crippen molar-refractivity contribution in [3.63, 3.8) is 0 Å². The highest BCUT2D eigenvalue weighted by atomic mass is 32.2. The van der Waals surface area contributed by atoms with E-state index in [0.29, 0.717) is 27.6 Å². The molecule has 166 valence electrons. The zero-order valence-electron chi connectivity index (χ0n) is 17.7. The summed E-state index contributed by atoms with van der Waals surface area (Å²) in [5.74, 6) is 2.87. The zero-order chi connectivity index (χ0) is 22.3. The molecule has 3 aromatic rings. The van der Waals surface area contributed by atoms with Crippen molar-refractivity contribution in [3.05, 3.63) is 60.4 Å². The van der Waals surface area contributed by atoms with Gasteiger partial charge in [-0.1, -0.05) is 53.9 Å². The Bertz CT molecular complexity index is 1100. The van der Waals surface area contributed by atoms with E-state index in [4.69, 9.17) is 9.47 Å². The summed E-state index contributed by atoms with van der Waals surface area (Å²) >= 11 is 2.87. The van der Waals surface area contributed by atoms with Crippen LogP contribution in [0.15, 0.2) is 64.7 Å². The Balaban J connectivity index is 1.56. The molecule has 1 aliphatic rings. The third-order valence-corrected chi connectivity index (χ3v) is 6.39. The van der Waals surface area contributed by atoms with Gasteiger partial charge in [0.25, 0.3) is 0 Å². The average molecular weight is 470 g/mol. The van der Waals surface area contributed by atoms with Crippen LogP contribution < -0.4 is 14.8 Å². The minimum Gasteiger partial charge on any atom is -0.493 e. The van der Waals surface area contributed by atoms with E-state index in [0.717, 1.165) is 18.0 Å². The summed E-state index contributed by atoms with van der Waals surface area (Å²) in [6, 6.07) is 17.2. The number of amides is 1. The van der Waals surface area contributed by atoms with E-state index in [2.05, 4.69) is 20.5 Å². The van der Waals surface area contributed by atoms with Crippen LogP contribution in [-0.2, 0) is 4.79 Å². The molecular weight excluding hydrogens is 446 g/mol. The van der Waals surface area contributed by atoms with E-state index >= 15 is 0 Å². The first kappa shape index (κ1) is 22.2. The molecule has 32 heavy (non-hydrogen) atoms. The molecule has 0 radical (unpaired) electrons. The number of hydrogen-bond donors (Lipinski definition) is 1. The molecule has 0 bridgehead atoms. The predicted octanol–water partition coefficient (Wildman–Crippen LogP) is 3.73. The monoisotopic (exact) mass is 469 g/mol. The summed E-state index contributed by atoms with van der Waals surface area (Å²) in [6.45, 7) is 2.65. The van der Waals surface area contributed by atoms with Crippen LogP contribution in [0.1, 0.15) is 18.9 Å². The highest BCUT2D eigenvalue weighted by Crippen LogP contribution is 2.32. The van der Waals surface area contributed by atoms with Crippen LogP contribution in [0, 0.1) is 0 Å². The molecule has 1 N–H and O–H groups in total. The van der Waals surface area contributed by atoms with Crippen molar-refractivity contribution in [3.8, 4) is 17.2 Å². The van der Waals surface area contributed by atoms with E-state index in [1.165, 1.54) is 11.8 Å². The van der Waals surface area contributed by atoms with Crippen LogP contribution in [-0.4, -0.2) is 51.0 Å². The lowest BCUT2D eigenvalue weighted by molar-refractivity contribution is -0.117. The first-order valence-electron chi connectivity index (χ1n) is 10.1. The van der Waals surface area contributed by atoms with Gasteiger partial charge in [0.15, 0.2) is 33.8 Å². The van der Waals surface area contributed by atoms with Crippen LogP contribution in [0.2, 0.25) is 0 Å². The third kappa shape index (κ3) is 5.25. The van der Waals surface area contributed by atoms with Gasteiger partial charge < -0.3 is 14.8 Å². The van der Waals surface area contributed by atoms with Gasteiger partial charge >= 0.3 is 0 Å².